The lowest BCUT2D eigenvalue weighted by molar-refractivity contribution is -0.142. The molecule has 0 unspecified atom stereocenters. The Bertz CT molecular complexity index is 200. The Balaban J connectivity index is 3.35. The molecule has 5 nitrogen and oxygen atoms in total. The van der Waals surface area contributed by atoms with Crippen molar-refractivity contribution in [3.8, 4) is 0 Å². The first-order valence-electron chi connectivity index (χ1n) is 3.92. The summed E-state index contributed by atoms with van der Waals surface area (Å²) in [5.41, 5.74) is 0. The van der Waals surface area contributed by atoms with Gasteiger partial charge in [0.2, 0.25) is 0 Å². The number of carboxylic acid groups (broad SMARTS) is 1. The summed E-state index contributed by atoms with van der Waals surface area (Å²) in [6.45, 7) is 2.51. The average molecular weight is 187 g/mol. The predicted octanol–water partition coefficient (Wildman–Crippen LogP) is -0.220. The largest absolute Gasteiger partial charge is 0.478 e. The standard InChI is InChI=1S/C8H13NO4/c1-2-13-8(12)6-9-5-3-4-7(10)11/h3-4,9H,2,5-6H2,1H3,(H,10,11)/b4-3+. The Morgan fingerprint density at radius 2 is 2.23 bits per heavy atom. The molecular formula is C8H13NO4. The van der Waals surface area contributed by atoms with Crippen molar-refractivity contribution < 1.29 is 19.4 Å². The van der Waals surface area contributed by atoms with Gasteiger partial charge < -0.3 is 15.2 Å². The zero-order chi connectivity index (χ0) is 10.1. The zero-order valence-electron chi connectivity index (χ0n) is 7.45. The van der Waals surface area contributed by atoms with E-state index in [1.54, 1.807) is 6.92 Å². The van der Waals surface area contributed by atoms with Crippen LogP contribution >= 0.6 is 0 Å². The van der Waals surface area contributed by atoms with Gasteiger partial charge in [-0.3, -0.25) is 4.79 Å². The van der Waals surface area contributed by atoms with Gasteiger partial charge in [0.25, 0.3) is 0 Å². The highest BCUT2D eigenvalue weighted by atomic mass is 16.5. The lowest BCUT2D eigenvalue weighted by Crippen LogP contribution is -2.24. The third-order valence-corrected chi connectivity index (χ3v) is 1.10. The van der Waals surface area contributed by atoms with Crippen LogP contribution in [0.4, 0.5) is 0 Å². The van der Waals surface area contributed by atoms with Crippen LogP contribution in [-0.2, 0) is 14.3 Å². The topological polar surface area (TPSA) is 75.6 Å². The zero-order valence-corrected chi connectivity index (χ0v) is 7.45. The lowest BCUT2D eigenvalue weighted by atomic mass is 10.5. The Morgan fingerprint density at radius 1 is 1.54 bits per heavy atom. The van der Waals surface area contributed by atoms with Crippen molar-refractivity contribution in [3.05, 3.63) is 12.2 Å². The molecule has 0 amide bonds. The molecule has 2 N–H and O–H groups in total. The summed E-state index contributed by atoms with van der Waals surface area (Å²) < 4.78 is 4.63. The monoisotopic (exact) mass is 187 g/mol. The molecule has 0 saturated heterocycles. The molecule has 0 spiro atoms. The number of esters is 1. The van der Waals surface area contributed by atoms with E-state index in [1.807, 2.05) is 0 Å². The van der Waals surface area contributed by atoms with Crippen molar-refractivity contribution in [2.45, 2.75) is 6.92 Å². The van der Waals surface area contributed by atoms with Crippen molar-refractivity contribution >= 4 is 11.9 Å². The number of rotatable bonds is 6. The second-order valence-corrected chi connectivity index (χ2v) is 2.18. The van der Waals surface area contributed by atoms with Crippen molar-refractivity contribution in [2.24, 2.45) is 0 Å². The molecule has 0 radical (unpaired) electrons. The molecule has 13 heavy (non-hydrogen) atoms. The molecule has 0 heterocycles. The quantitative estimate of drug-likeness (QED) is 0.341. The van der Waals surface area contributed by atoms with Crippen molar-refractivity contribution in [3.63, 3.8) is 0 Å². The molecular weight excluding hydrogens is 174 g/mol. The maximum absolute atomic E-state index is 10.7. The fourth-order valence-electron chi connectivity index (χ4n) is 0.629. The number of carbonyl (C=O) groups excluding carboxylic acids is 1. The van der Waals surface area contributed by atoms with Gasteiger partial charge in [0, 0.05) is 12.6 Å². The van der Waals surface area contributed by atoms with E-state index < -0.39 is 5.97 Å². The highest BCUT2D eigenvalue weighted by Crippen LogP contribution is 1.75. The first-order valence-corrected chi connectivity index (χ1v) is 3.92. The second-order valence-electron chi connectivity index (χ2n) is 2.18. The van der Waals surface area contributed by atoms with E-state index >= 15 is 0 Å². The van der Waals surface area contributed by atoms with Crippen molar-refractivity contribution in [1.29, 1.82) is 0 Å². The lowest BCUT2D eigenvalue weighted by Gasteiger charge is -2.00. The van der Waals surface area contributed by atoms with Gasteiger partial charge in [0.15, 0.2) is 0 Å². The fourth-order valence-corrected chi connectivity index (χ4v) is 0.629. The Labute approximate surface area is 76.4 Å². The Hall–Kier alpha value is -1.36. The van der Waals surface area contributed by atoms with Crippen molar-refractivity contribution in [2.75, 3.05) is 19.7 Å². The third-order valence-electron chi connectivity index (χ3n) is 1.10. The van der Waals surface area contributed by atoms with Gasteiger partial charge in [-0.1, -0.05) is 6.08 Å². The van der Waals surface area contributed by atoms with E-state index in [0.717, 1.165) is 6.08 Å². The summed E-state index contributed by atoms with van der Waals surface area (Å²) in [6.07, 6.45) is 2.43. The maximum Gasteiger partial charge on any atom is 0.328 e. The van der Waals surface area contributed by atoms with Gasteiger partial charge >= 0.3 is 11.9 Å². The van der Waals surface area contributed by atoms with E-state index in [-0.39, 0.29) is 12.5 Å². The molecule has 0 rings (SSSR count). The van der Waals surface area contributed by atoms with Gasteiger partial charge in [0.1, 0.15) is 0 Å². The summed E-state index contributed by atoms with van der Waals surface area (Å²) in [5, 5.41) is 10.9. The number of hydrogen-bond acceptors (Lipinski definition) is 4. The Morgan fingerprint density at radius 3 is 2.77 bits per heavy atom. The minimum absolute atomic E-state index is 0.0950. The van der Waals surface area contributed by atoms with Crippen LogP contribution in [0.1, 0.15) is 6.92 Å². The molecule has 0 fully saturated rings. The van der Waals surface area contributed by atoms with E-state index in [4.69, 9.17) is 5.11 Å². The molecule has 0 aliphatic carbocycles. The van der Waals surface area contributed by atoms with E-state index in [0.29, 0.717) is 13.2 Å². The van der Waals surface area contributed by atoms with Gasteiger partial charge in [-0.15, -0.1) is 0 Å². The number of nitrogens with one attached hydrogen (secondary N) is 1. The van der Waals surface area contributed by atoms with Crippen LogP contribution in [0.3, 0.4) is 0 Å². The SMILES string of the molecule is CCOC(=O)CNC/C=C/C(=O)O. The van der Waals surface area contributed by atoms with Crippen molar-refractivity contribution in [1.82, 2.24) is 5.32 Å². The van der Waals surface area contributed by atoms with E-state index in [1.165, 1.54) is 6.08 Å². The second kappa shape index (κ2) is 7.30. The number of carbonyl (C=O) groups is 2. The molecule has 0 aliphatic rings. The predicted molar refractivity (Wildman–Crippen MR) is 46.3 cm³/mol. The molecule has 5 heteroatoms. The molecule has 0 saturated carbocycles. The minimum Gasteiger partial charge on any atom is -0.478 e. The van der Waals surface area contributed by atoms with Crippen LogP contribution in [0.25, 0.3) is 0 Å². The van der Waals surface area contributed by atoms with Gasteiger partial charge in [-0.05, 0) is 6.92 Å². The minimum atomic E-state index is -1.00. The van der Waals surface area contributed by atoms with E-state index in [9.17, 15) is 9.59 Å². The van der Waals surface area contributed by atoms with Gasteiger partial charge in [0.05, 0.1) is 13.2 Å². The summed E-state index contributed by atoms with van der Waals surface area (Å²) >= 11 is 0. The molecule has 0 aliphatic heterocycles. The molecule has 0 aromatic carbocycles. The summed E-state index contributed by atoms with van der Waals surface area (Å²) in [5.74, 6) is -1.34. The molecule has 0 atom stereocenters. The summed E-state index contributed by atoms with van der Waals surface area (Å²) in [4.78, 5) is 20.7. The molecule has 0 aromatic rings. The van der Waals surface area contributed by atoms with Crippen LogP contribution in [-0.4, -0.2) is 36.7 Å². The molecule has 0 aromatic heterocycles. The highest BCUT2D eigenvalue weighted by Gasteiger charge is 1.97. The van der Waals surface area contributed by atoms with Crippen LogP contribution in [0.2, 0.25) is 0 Å². The Kier molecular flexibility index (Phi) is 6.53. The van der Waals surface area contributed by atoms with Crippen LogP contribution in [0.15, 0.2) is 12.2 Å². The summed E-state index contributed by atoms with van der Waals surface area (Å²) in [6, 6.07) is 0. The number of hydrogen-bond donors (Lipinski definition) is 2. The van der Waals surface area contributed by atoms with Crippen LogP contribution < -0.4 is 5.32 Å². The van der Waals surface area contributed by atoms with Crippen LogP contribution in [0.5, 0.6) is 0 Å². The number of carboxylic acids is 1. The van der Waals surface area contributed by atoms with Gasteiger partial charge in [-0.2, -0.15) is 0 Å². The first kappa shape index (κ1) is 11.6. The fraction of sp³-hybridized carbons (Fsp3) is 0.500. The molecule has 0 bridgehead atoms. The van der Waals surface area contributed by atoms with Gasteiger partial charge in [-0.25, -0.2) is 4.79 Å². The summed E-state index contributed by atoms with van der Waals surface area (Å²) in [7, 11) is 0. The number of aliphatic carboxylic acids is 1. The van der Waals surface area contributed by atoms with Crippen LogP contribution in [0, 0.1) is 0 Å². The maximum atomic E-state index is 10.7. The smallest absolute Gasteiger partial charge is 0.328 e. The third kappa shape index (κ3) is 8.55. The highest BCUT2D eigenvalue weighted by molar-refractivity contribution is 5.79. The van der Waals surface area contributed by atoms with E-state index in [2.05, 4.69) is 10.1 Å². The first-order chi connectivity index (χ1) is 6.16. The average Bonchev–Trinajstić information content (AvgIpc) is 2.03. The normalized spacial score (nSPS) is 10.2. The number of ether oxygens (including phenoxy) is 1. The molecule has 74 valence electrons.